The zero-order valence-corrected chi connectivity index (χ0v) is 15.2. The molecule has 138 valence electrons. The first-order chi connectivity index (χ1) is 13.5. The smallest absolute Gasteiger partial charge is 0.258 e. The number of halogens is 2. The second-order valence-electron chi connectivity index (χ2n) is 6.11. The summed E-state index contributed by atoms with van der Waals surface area (Å²) in [6.45, 7) is 0. The average molecular weight is 393 g/mol. The summed E-state index contributed by atoms with van der Waals surface area (Å²) < 4.78 is 13.8. The van der Waals surface area contributed by atoms with E-state index in [4.69, 9.17) is 17.3 Å². The van der Waals surface area contributed by atoms with Crippen LogP contribution in [0.2, 0.25) is 5.02 Å². The van der Waals surface area contributed by atoms with Crippen LogP contribution in [0.4, 0.5) is 16.0 Å². The fourth-order valence-corrected chi connectivity index (χ4v) is 3.10. The Bertz CT molecular complexity index is 1210. The molecule has 0 fully saturated rings. The van der Waals surface area contributed by atoms with Crippen LogP contribution < -0.4 is 11.1 Å². The lowest BCUT2D eigenvalue weighted by molar-refractivity contribution is 0.102. The number of amides is 1. The van der Waals surface area contributed by atoms with Gasteiger partial charge in [-0.25, -0.2) is 14.4 Å². The number of rotatable bonds is 3. The Labute approximate surface area is 165 Å². The van der Waals surface area contributed by atoms with Crippen molar-refractivity contribution in [3.8, 4) is 11.3 Å². The van der Waals surface area contributed by atoms with Gasteiger partial charge in [-0.2, -0.15) is 0 Å². The molecule has 0 aliphatic heterocycles. The highest BCUT2D eigenvalue weighted by Crippen LogP contribution is 2.30. The van der Waals surface area contributed by atoms with Crippen molar-refractivity contribution < 1.29 is 9.18 Å². The molecular formula is C21H14ClFN4O. The van der Waals surface area contributed by atoms with Gasteiger partial charge < -0.3 is 11.1 Å². The monoisotopic (exact) mass is 392 g/mol. The summed E-state index contributed by atoms with van der Waals surface area (Å²) in [5.74, 6) is -0.990. The van der Waals surface area contributed by atoms with E-state index in [0.29, 0.717) is 27.5 Å². The van der Waals surface area contributed by atoms with E-state index in [2.05, 4.69) is 15.3 Å². The Morgan fingerprint density at radius 2 is 1.82 bits per heavy atom. The molecule has 0 aliphatic rings. The van der Waals surface area contributed by atoms with Gasteiger partial charge in [-0.1, -0.05) is 35.9 Å². The van der Waals surface area contributed by atoms with E-state index in [9.17, 15) is 9.18 Å². The van der Waals surface area contributed by atoms with E-state index >= 15 is 0 Å². The third-order valence-electron chi connectivity index (χ3n) is 4.19. The minimum atomic E-state index is -0.583. The van der Waals surface area contributed by atoms with Gasteiger partial charge in [-0.3, -0.25) is 4.79 Å². The molecule has 4 rings (SSSR count). The van der Waals surface area contributed by atoms with Crippen LogP contribution in [0.15, 0.2) is 66.7 Å². The minimum Gasteiger partial charge on any atom is -0.368 e. The zero-order valence-electron chi connectivity index (χ0n) is 14.5. The molecular weight excluding hydrogens is 379 g/mol. The van der Waals surface area contributed by atoms with E-state index in [-0.39, 0.29) is 11.5 Å². The maximum atomic E-state index is 13.8. The van der Waals surface area contributed by atoms with Crippen LogP contribution >= 0.6 is 11.6 Å². The second kappa shape index (κ2) is 7.25. The van der Waals surface area contributed by atoms with Crippen LogP contribution in [0.5, 0.6) is 0 Å². The molecule has 28 heavy (non-hydrogen) atoms. The Morgan fingerprint density at radius 3 is 2.64 bits per heavy atom. The van der Waals surface area contributed by atoms with E-state index < -0.39 is 11.7 Å². The van der Waals surface area contributed by atoms with Crippen molar-refractivity contribution in [2.45, 2.75) is 0 Å². The normalized spacial score (nSPS) is 10.8. The third kappa shape index (κ3) is 3.50. The van der Waals surface area contributed by atoms with Gasteiger partial charge in [0.15, 0.2) is 0 Å². The molecule has 3 N–H and O–H groups in total. The maximum Gasteiger partial charge on any atom is 0.258 e. The summed E-state index contributed by atoms with van der Waals surface area (Å²) in [6, 6.07) is 18.1. The predicted molar refractivity (Wildman–Crippen MR) is 109 cm³/mol. The van der Waals surface area contributed by atoms with Crippen molar-refractivity contribution in [1.82, 2.24) is 9.97 Å². The Balaban J connectivity index is 1.74. The average Bonchev–Trinajstić information content (AvgIpc) is 2.68. The van der Waals surface area contributed by atoms with Crippen molar-refractivity contribution in [3.05, 3.63) is 83.1 Å². The molecule has 0 radical (unpaired) electrons. The number of carbonyl (C=O) groups is 1. The lowest BCUT2D eigenvalue weighted by Crippen LogP contribution is -2.13. The highest BCUT2D eigenvalue weighted by Gasteiger charge is 2.13. The number of nitrogens with one attached hydrogen (secondary N) is 1. The summed E-state index contributed by atoms with van der Waals surface area (Å²) in [6.07, 6.45) is 0. The van der Waals surface area contributed by atoms with Gasteiger partial charge in [0.25, 0.3) is 5.91 Å². The number of hydrogen-bond acceptors (Lipinski definition) is 4. The fourth-order valence-electron chi connectivity index (χ4n) is 2.93. The molecule has 0 bridgehead atoms. The van der Waals surface area contributed by atoms with Crippen LogP contribution in [0.25, 0.3) is 22.2 Å². The van der Waals surface area contributed by atoms with Crippen molar-refractivity contribution in [2.24, 2.45) is 0 Å². The van der Waals surface area contributed by atoms with Crippen LogP contribution in [0.1, 0.15) is 10.4 Å². The quantitative estimate of drug-likeness (QED) is 0.518. The number of nitrogens with zero attached hydrogens (tertiary/aromatic N) is 2. The van der Waals surface area contributed by atoms with E-state index in [0.717, 1.165) is 5.39 Å². The Kier molecular flexibility index (Phi) is 4.63. The molecule has 5 nitrogen and oxygen atoms in total. The third-order valence-corrected chi connectivity index (χ3v) is 4.42. The molecule has 0 aliphatic carbocycles. The summed E-state index contributed by atoms with van der Waals surface area (Å²) in [5.41, 5.74) is 8.28. The molecule has 0 saturated heterocycles. The SMILES string of the molecule is Nc1nc(-c2cccc(NC(=O)c3ccccc3F)c2)c2cc(Cl)ccc2n1. The highest BCUT2D eigenvalue weighted by atomic mass is 35.5. The number of benzene rings is 3. The molecule has 1 heterocycles. The van der Waals surface area contributed by atoms with Crippen LogP contribution in [0, 0.1) is 5.82 Å². The van der Waals surface area contributed by atoms with Crippen LogP contribution in [0.3, 0.4) is 0 Å². The molecule has 0 saturated carbocycles. The second-order valence-corrected chi connectivity index (χ2v) is 6.54. The maximum absolute atomic E-state index is 13.8. The fraction of sp³-hybridized carbons (Fsp3) is 0. The highest BCUT2D eigenvalue weighted by molar-refractivity contribution is 6.31. The number of nitrogens with two attached hydrogens (primary N) is 1. The van der Waals surface area contributed by atoms with Gasteiger partial charge in [-0.15, -0.1) is 0 Å². The van der Waals surface area contributed by atoms with E-state index in [1.165, 1.54) is 18.2 Å². The molecule has 7 heteroatoms. The summed E-state index contributed by atoms with van der Waals surface area (Å²) in [4.78, 5) is 20.9. The number of fused-ring (bicyclic) bond motifs is 1. The molecule has 0 atom stereocenters. The summed E-state index contributed by atoms with van der Waals surface area (Å²) >= 11 is 6.12. The number of aromatic nitrogens is 2. The van der Waals surface area contributed by atoms with Gasteiger partial charge in [0.05, 0.1) is 16.8 Å². The van der Waals surface area contributed by atoms with Crippen molar-refractivity contribution in [3.63, 3.8) is 0 Å². The Morgan fingerprint density at radius 1 is 1.00 bits per heavy atom. The van der Waals surface area contributed by atoms with Crippen molar-refractivity contribution in [2.75, 3.05) is 11.1 Å². The van der Waals surface area contributed by atoms with Crippen molar-refractivity contribution in [1.29, 1.82) is 0 Å². The van der Waals surface area contributed by atoms with Gasteiger partial charge in [0.2, 0.25) is 5.95 Å². The lowest BCUT2D eigenvalue weighted by Gasteiger charge is -2.10. The number of carbonyl (C=O) groups excluding carboxylic acids is 1. The number of hydrogen-bond donors (Lipinski definition) is 2. The molecule has 1 aromatic heterocycles. The topological polar surface area (TPSA) is 80.9 Å². The first-order valence-corrected chi connectivity index (χ1v) is 8.78. The van der Waals surface area contributed by atoms with Crippen LogP contribution in [-0.2, 0) is 0 Å². The standard InChI is InChI=1S/C21H14ClFN4O/c22-13-8-9-18-16(11-13)19(27-21(24)26-18)12-4-3-5-14(10-12)25-20(28)15-6-1-2-7-17(15)23/h1-11H,(H,25,28)(H2,24,26,27). The summed E-state index contributed by atoms with van der Waals surface area (Å²) in [5, 5.41) is 3.99. The Hall–Kier alpha value is -3.51. The number of nitrogen functional groups attached to an aromatic ring is 1. The van der Waals surface area contributed by atoms with E-state index in [1.807, 2.05) is 6.07 Å². The lowest BCUT2D eigenvalue weighted by atomic mass is 10.1. The minimum absolute atomic E-state index is 0.0311. The van der Waals surface area contributed by atoms with Gasteiger partial charge in [0, 0.05) is 21.7 Å². The first kappa shape index (κ1) is 17.9. The summed E-state index contributed by atoms with van der Waals surface area (Å²) in [7, 11) is 0. The van der Waals surface area contributed by atoms with Gasteiger partial charge in [0.1, 0.15) is 5.82 Å². The van der Waals surface area contributed by atoms with Crippen molar-refractivity contribution >= 4 is 40.0 Å². The number of anilines is 2. The first-order valence-electron chi connectivity index (χ1n) is 8.40. The van der Waals surface area contributed by atoms with Gasteiger partial charge in [-0.05, 0) is 42.5 Å². The molecule has 0 unspecified atom stereocenters. The van der Waals surface area contributed by atoms with Crippen LogP contribution in [-0.4, -0.2) is 15.9 Å². The predicted octanol–water partition coefficient (Wildman–Crippen LogP) is 4.92. The molecule has 3 aromatic carbocycles. The van der Waals surface area contributed by atoms with Gasteiger partial charge >= 0.3 is 0 Å². The zero-order chi connectivity index (χ0) is 19.7. The molecule has 1 amide bonds. The largest absolute Gasteiger partial charge is 0.368 e. The molecule has 0 spiro atoms. The molecule has 4 aromatic rings. The van der Waals surface area contributed by atoms with E-state index in [1.54, 1.807) is 42.5 Å².